The highest BCUT2D eigenvalue weighted by Crippen LogP contribution is 2.39. The van der Waals surface area contributed by atoms with Crippen LogP contribution in [-0.4, -0.2) is 48.5 Å². The van der Waals surface area contributed by atoms with Crippen LogP contribution in [0.1, 0.15) is 58.1 Å². The van der Waals surface area contributed by atoms with Crippen molar-refractivity contribution in [1.82, 2.24) is 15.5 Å². The summed E-state index contributed by atoms with van der Waals surface area (Å²) < 4.78 is 6.11. The van der Waals surface area contributed by atoms with Gasteiger partial charge >= 0.3 is 0 Å². The Bertz CT molecular complexity index is 687. The van der Waals surface area contributed by atoms with E-state index in [2.05, 4.69) is 42.5 Å². The topological polar surface area (TPSA) is 66.0 Å². The molecule has 6 nitrogen and oxygen atoms in total. The molecule has 1 unspecified atom stereocenters. The zero-order valence-electron chi connectivity index (χ0n) is 17.2. The minimum absolute atomic E-state index is 0. The number of hydrogen-bond acceptors (Lipinski definition) is 3. The highest BCUT2D eigenvalue weighted by Gasteiger charge is 2.34. The monoisotopic (exact) mass is 500 g/mol. The van der Waals surface area contributed by atoms with Gasteiger partial charge in [-0.3, -0.25) is 9.79 Å². The second-order valence-electron chi connectivity index (χ2n) is 7.90. The molecule has 0 spiro atoms. The quantitative estimate of drug-likeness (QED) is 0.369. The van der Waals surface area contributed by atoms with E-state index in [0.717, 1.165) is 56.2 Å². The van der Waals surface area contributed by atoms with E-state index in [1.807, 2.05) is 23.1 Å². The fourth-order valence-electron chi connectivity index (χ4n) is 3.80. The summed E-state index contributed by atoms with van der Waals surface area (Å²) in [4.78, 5) is 18.8. The SMILES string of the molecule is CCNC(=NCCC(=O)N1CCCC1)NC1CC(C)(C)Oc2ccccc21.I. The van der Waals surface area contributed by atoms with Gasteiger partial charge in [-0.2, -0.15) is 0 Å². The number of amides is 1. The number of ether oxygens (including phenoxy) is 1. The number of rotatable bonds is 5. The molecule has 0 radical (unpaired) electrons. The number of hydrogen-bond donors (Lipinski definition) is 2. The van der Waals surface area contributed by atoms with Gasteiger partial charge in [0.15, 0.2) is 5.96 Å². The van der Waals surface area contributed by atoms with Gasteiger partial charge in [-0.05, 0) is 39.7 Å². The van der Waals surface area contributed by atoms with Crippen LogP contribution in [0.25, 0.3) is 0 Å². The first-order valence-electron chi connectivity index (χ1n) is 10.1. The maximum atomic E-state index is 12.2. The fourth-order valence-corrected chi connectivity index (χ4v) is 3.80. The summed E-state index contributed by atoms with van der Waals surface area (Å²) in [7, 11) is 0. The smallest absolute Gasteiger partial charge is 0.224 e. The Labute approximate surface area is 185 Å². The molecule has 2 aliphatic heterocycles. The molecule has 1 saturated heterocycles. The van der Waals surface area contributed by atoms with Crippen LogP contribution in [-0.2, 0) is 4.79 Å². The molecule has 1 aromatic carbocycles. The number of carbonyl (C=O) groups excluding carboxylic acids is 1. The average Bonchev–Trinajstić information content (AvgIpc) is 3.15. The predicted molar refractivity (Wildman–Crippen MR) is 123 cm³/mol. The minimum Gasteiger partial charge on any atom is -0.487 e. The molecule has 7 heteroatoms. The first-order valence-corrected chi connectivity index (χ1v) is 10.1. The Morgan fingerprint density at radius 1 is 1.29 bits per heavy atom. The molecule has 2 aliphatic rings. The van der Waals surface area contributed by atoms with Gasteiger partial charge in [0.05, 0.1) is 12.6 Å². The van der Waals surface area contributed by atoms with Gasteiger partial charge in [0.1, 0.15) is 11.4 Å². The third kappa shape index (κ3) is 5.99. The molecule has 0 bridgehead atoms. The van der Waals surface area contributed by atoms with E-state index in [4.69, 9.17) is 4.74 Å². The molecule has 1 atom stereocenters. The molecule has 2 N–H and O–H groups in total. The molecule has 156 valence electrons. The van der Waals surface area contributed by atoms with Crippen molar-refractivity contribution in [3.05, 3.63) is 29.8 Å². The van der Waals surface area contributed by atoms with Crippen LogP contribution in [0.2, 0.25) is 0 Å². The van der Waals surface area contributed by atoms with Crippen molar-refractivity contribution in [3.8, 4) is 5.75 Å². The summed E-state index contributed by atoms with van der Waals surface area (Å²) in [5.74, 6) is 1.89. The summed E-state index contributed by atoms with van der Waals surface area (Å²) >= 11 is 0. The van der Waals surface area contributed by atoms with Crippen LogP contribution in [0.15, 0.2) is 29.3 Å². The van der Waals surface area contributed by atoms with E-state index in [9.17, 15) is 4.79 Å². The molecule has 1 amide bonds. The molecule has 3 rings (SSSR count). The number of likely N-dealkylation sites (tertiary alicyclic amines) is 1. The van der Waals surface area contributed by atoms with Gasteiger partial charge in [0.25, 0.3) is 0 Å². The van der Waals surface area contributed by atoms with Crippen LogP contribution in [0.3, 0.4) is 0 Å². The summed E-state index contributed by atoms with van der Waals surface area (Å²) in [6.07, 6.45) is 3.56. The first kappa shape index (κ1) is 22.8. The van der Waals surface area contributed by atoms with Crippen LogP contribution in [0.5, 0.6) is 5.75 Å². The number of fused-ring (bicyclic) bond motifs is 1. The Balaban J connectivity index is 0.00000280. The second kappa shape index (κ2) is 10.3. The molecule has 1 aromatic rings. The van der Waals surface area contributed by atoms with Gasteiger partial charge in [0.2, 0.25) is 5.91 Å². The van der Waals surface area contributed by atoms with Crippen molar-refractivity contribution < 1.29 is 9.53 Å². The number of nitrogens with one attached hydrogen (secondary N) is 2. The van der Waals surface area contributed by atoms with Crippen molar-refractivity contribution in [2.24, 2.45) is 4.99 Å². The normalized spacial score (nSPS) is 20.6. The maximum Gasteiger partial charge on any atom is 0.224 e. The molecule has 1 fully saturated rings. The third-order valence-corrected chi connectivity index (χ3v) is 5.09. The van der Waals surface area contributed by atoms with Gasteiger partial charge in [0, 0.05) is 38.0 Å². The molecule has 2 heterocycles. The highest BCUT2D eigenvalue weighted by molar-refractivity contribution is 14.0. The largest absolute Gasteiger partial charge is 0.487 e. The number of carbonyl (C=O) groups is 1. The number of nitrogens with zero attached hydrogens (tertiary/aromatic N) is 2. The maximum absolute atomic E-state index is 12.2. The highest BCUT2D eigenvalue weighted by atomic mass is 127. The zero-order chi connectivity index (χ0) is 19.3. The second-order valence-corrected chi connectivity index (χ2v) is 7.90. The summed E-state index contributed by atoms with van der Waals surface area (Å²) in [6, 6.07) is 8.28. The number of aliphatic imine (C=N–C) groups is 1. The first-order chi connectivity index (χ1) is 13.0. The van der Waals surface area contributed by atoms with E-state index in [-0.39, 0.29) is 41.5 Å². The van der Waals surface area contributed by atoms with Crippen LogP contribution in [0.4, 0.5) is 0 Å². The summed E-state index contributed by atoms with van der Waals surface area (Å²) in [5, 5.41) is 6.85. The standard InChI is InChI=1S/C21H32N4O2.HI/c1-4-22-20(23-12-11-19(26)25-13-7-8-14-25)24-17-15-21(2,3)27-18-10-6-5-9-16(17)18;/h5-6,9-10,17H,4,7-8,11-15H2,1-3H3,(H2,22,23,24);1H. The fraction of sp³-hybridized carbons (Fsp3) is 0.619. The lowest BCUT2D eigenvalue weighted by atomic mass is 9.90. The number of para-hydroxylation sites is 1. The van der Waals surface area contributed by atoms with Gasteiger partial charge in [-0.1, -0.05) is 18.2 Å². The van der Waals surface area contributed by atoms with Gasteiger partial charge < -0.3 is 20.3 Å². The zero-order valence-corrected chi connectivity index (χ0v) is 19.5. The predicted octanol–water partition coefficient (Wildman–Crippen LogP) is 3.47. The van der Waals surface area contributed by atoms with Gasteiger partial charge in [-0.15, -0.1) is 24.0 Å². The van der Waals surface area contributed by atoms with E-state index in [1.54, 1.807) is 0 Å². The number of guanidine groups is 1. The van der Waals surface area contributed by atoms with Crippen LogP contribution in [0, 0.1) is 0 Å². The lowest BCUT2D eigenvalue weighted by Crippen LogP contribution is -2.45. The van der Waals surface area contributed by atoms with Crippen molar-refractivity contribution in [1.29, 1.82) is 0 Å². The van der Waals surface area contributed by atoms with E-state index in [1.165, 1.54) is 0 Å². The molecular weight excluding hydrogens is 467 g/mol. The minimum atomic E-state index is -0.241. The number of benzene rings is 1. The number of halogens is 1. The van der Waals surface area contributed by atoms with Crippen molar-refractivity contribution in [3.63, 3.8) is 0 Å². The molecule has 0 saturated carbocycles. The third-order valence-electron chi connectivity index (χ3n) is 5.09. The molecular formula is C21H33IN4O2. The van der Waals surface area contributed by atoms with Crippen LogP contribution >= 0.6 is 24.0 Å². The molecule has 28 heavy (non-hydrogen) atoms. The lowest BCUT2D eigenvalue weighted by Gasteiger charge is -2.38. The molecule has 0 aliphatic carbocycles. The van der Waals surface area contributed by atoms with Crippen molar-refractivity contribution in [2.75, 3.05) is 26.2 Å². The van der Waals surface area contributed by atoms with E-state index >= 15 is 0 Å². The lowest BCUT2D eigenvalue weighted by molar-refractivity contribution is -0.129. The molecule has 0 aromatic heterocycles. The Hall–Kier alpha value is -1.51. The van der Waals surface area contributed by atoms with E-state index in [0.29, 0.717) is 13.0 Å². The van der Waals surface area contributed by atoms with Crippen molar-refractivity contribution in [2.45, 2.75) is 58.1 Å². The average molecular weight is 500 g/mol. The Morgan fingerprint density at radius 2 is 2.00 bits per heavy atom. The van der Waals surface area contributed by atoms with Crippen molar-refractivity contribution >= 4 is 35.8 Å². The Kier molecular flexibility index (Phi) is 8.39. The van der Waals surface area contributed by atoms with E-state index < -0.39 is 0 Å². The summed E-state index contributed by atoms with van der Waals surface area (Å²) in [5.41, 5.74) is 0.908. The summed E-state index contributed by atoms with van der Waals surface area (Å²) in [6.45, 7) is 9.34. The van der Waals surface area contributed by atoms with Crippen LogP contribution < -0.4 is 15.4 Å². The Morgan fingerprint density at radius 3 is 2.71 bits per heavy atom. The van der Waals surface area contributed by atoms with Gasteiger partial charge in [-0.25, -0.2) is 0 Å².